The fourth-order valence-electron chi connectivity index (χ4n) is 3.36. The average molecular weight is 412 g/mol. The van der Waals surface area contributed by atoms with Crippen molar-refractivity contribution in [3.63, 3.8) is 0 Å². The number of para-hydroxylation sites is 1. The molecule has 5 aromatic rings. The summed E-state index contributed by atoms with van der Waals surface area (Å²) < 4.78 is 12.4. The van der Waals surface area contributed by atoms with Crippen LogP contribution in [-0.2, 0) is 0 Å². The van der Waals surface area contributed by atoms with Crippen LogP contribution in [0, 0.1) is 0 Å². The Morgan fingerprint density at radius 3 is 2.84 bits per heavy atom. The van der Waals surface area contributed by atoms with Crippen molar-refractivity contribution in [2.45, 2.75) is 0 Å². The van der Waals surface area contributed by atoms with Crippen LogP contribution in [0.3, 0.4) is 0 Å². The Hall–Kier alpha value is -4.46. The summed E-state index contributed by atoms with van der Waals surface area (Å²) in [5, 5.41) is 3.35. The molecule has 0 aliphatic carbocycles. The predicted molar refractivity (Wildman–Crippen MR) is 115 cm³/mol. The molecular weight excluding hydrogens is 396 g/mol. The number of carbonyl (C=O) groups is 1. The van der Waals surface area contributed by atoms with E-state index in [0.29, 0.717) is 33.9 Å². The molecule has 2 aromatic carbocycles. The molecule has 8 heteroatoms. The number of nitrogens with one attached hydrogen (secondary N) is 1. The smallest absolute Gasteiger partial charge is 0.349 e. The van der Waals surface area contributed by atoms with Crippen LogP contribution >= 0.6 is 0 Å². The van der Waals surface area contributed by atoms with Gasteiger partial charge in [0, 0.05) is 35.2 Å². The number of aromatic nitrogens is 3. The molecule has 0 saturated carbocycles. The second kappa shape index (κ2) is 7.42. The van der Waals surface area contributed by atoms with Gasteiger partial charge >= 0.3 is 5.63 Å². The number of imidazole rings is 1. The molecule has 8 nitrogen and oxygen atoms in total. The number of hydrogen-bond donors (Lipinski definition) is 1. The number of carbonyl (C=O) groups excluding carboxylic acids is 1. The zero-order valence-corrected chi connectivity index (χ0v) is 16.4. The third-order valence-corrected chi connectivity index (χ3v) is 4.84. The van der Waals surface area contributed by atoms with Gasteiger partial charge in [-0.05, 0) is 30.3 Å². The zero-order chi connectivity index (χ0) is 21.4. The highest BCUT2D eigenvalue weighted by atomic mass is 16.5. The van der Waals surface area contributed by atoms with Crippen LogP contribution in [0.1, 0.15) is 10.4 Å². The largest absolute Gasteiger partial charge is 0.493 e. The molecule has 0 saturated heterocycles. The summed E-state index contributed by atoms with van der Waals surface area (Å²) in [5.74, 6) is 0.444. The normalized spacial score (nSPS) is 11.0. The number of fused-ring (bicyclic) bond motifs is 2. The lowest BCUT2D eigenvalue weighted by atomic mass is 10.1. The number of benzene rings is 2. The molecule has 1 N–H and O–H groups in total. The van der Waals surface area contributed by atoms with Crippen molar-refractivity contribution in [1.82, 2.24) is 14.4 Å². The minimum atomic E-state index is -0.739. The minimum absolute atomic E-state index is 0.0944. The minimum Gasteiger partial charge on any atom is -0.493 e. The molecule has 0 aliphatic heterocycles. The van der Waals surface area contributed by atoms with Crippen LogP contribution in [0.4, 0.5) is 5.69 Å². The first kappa shape index (κ1) is 18.6. The standard InChI is InChI=1S/C23H16N4O4/c1-30-19-8-3-6-15-12-17(22(29)31-20(15)19)21(28)25-16-7-2-5-14(11-16)18-13-27-10-4-9-24-23(27)26-18/h2-13H,1H3,(H,25,28). The molecule has 152 valence electrons. The van der Waals surface area contributed by atoms with Crippen molar-refractivity contribution < 1.29 is 13.9 Å². The Bertz CT molecular complexity index is 1470. The molecule has 0 fully saturated rings. The summed E-state index contributed by atoms with van der Waals surface area (Å²) in [6, 6.07) is 15.7. The maximum absolute atomic E-state index is 12.8. The number of rotatable bonds is 4. The molecule has 31 heavy (non-hydrogen) atoms. The summed E-state index contributed by atoms with van der Waals surface area (Å²) >= 11 is 0. The predicted octanol–water partition coefficient (Wildman–Crippen LogP) is 3.76. The van der Waals surface area contributed by atoms with E-state index in [1.807, 2.05) is 28.9 Å². The van der Waals surface area contributed by atoms with E-state index < -0.39 is 11.5 Å². The van der Waals surface area contributed by atoms with Gasteiger partial charge in [-0.25, -0.2) is 14.8 Å². The van der Waals surface area contributed by atoms with E-state index in [1.54, 1.807) is 42.6 Å². The summed E-state index contributed by atoms with van der Waals surface area (Å²) in [7, 11) is 1.49. The van der Waals surface area contributed by atoms with Gasteiger partial charge in [-0.1, -0.05) is 24.3 Å². The third kappa shape index (κ3) is 3.40. The molecule has 0 atom stereocenters. The SMILES string of the molecule is COc1cccc2cc(C(=O)Nc3cccc(-c4cn5cccnc5n4)c3)c(=O)oc12. The molecule has 0 aliphatic rings. The number of amides is 1. The van der Waals surface area contributed by atoms with Gasteiger partial charge in [0.2, 0.25) is 5.78 Å². The van der Waals surface area contributed by atoms with E-state index >= 15 is 0 Å². The fraction of sp³-hybridized carbons (Fsp3) is 0.0435. The lowest BCUT2D eigenvalue weighted by molar-refractivity contribution is 0.102. The Labute approximate surface area is 175 Å². The number of anilines is 1. The van der Waals surface area contributed by atoms with Crippen LogP contribution in [-0.4, -0.2) is 27.4 Å². The van der Waals surface area contributed by atoms with Gasteiger partial charge in [-0.3, -0.25) is 9.20 Å². The van der Waals surface area contributed by atoms with Gasteiger partial charge in [0.15, 0.2) is 11.3 Å². The van der Waals surface area contributed by atoms with E-state index in [0.717, 1.165) is 5.56 Å². The van der Waals surface area contributed by atoms with Crippen LogP contribution < -0.4 is 15.7 Å². The van der Waals surface area contributed by atoms with Crippen molar-refractivity contribution in [2.24, 2.45) is 0 Å². The van der Waals surface area contributed by atoms with Gasteiger partial charge < -0.3 is 14.5 Å². The number of ether oxygens (including phenoxy) is 1. The Kier molecular flexibility index (Phi) is 4.44. The van der Waals surface area contributed by atoms with Gasteiger partial charge in [0.1, 0.15) is 5.56 Å². The highest BCUT2D eigenvalue weighted by Crippen LogP contribution is 2.25. The molecule has 1 amide bonds. The first-order chi connectivity index (χ1) is 15.1. The number of hydrogen-bond acceptors (Lipinski definition) is 6. The van der Waals surface area contributed by atoms with Crippen molar-refractivity contribution >= 4 is 28.3 Å². The van der Waals surface area contributed by atoms with E-state index in [2.05, 4.69) is 15.3 Å². The lowest BCUT2D eigenvalue weighted by Crippen LogP contribution is -2.20. The van der Waals surface area contributed by atoms with Gasteiger partial charge in [-0.2, -0.15) is 0 Å². The monoisotopic (exact) mass is 412 g/mol. The summed E-state index contributed by atoms with van der Waals surface area (Å²) in [5.41, 5.74) is 1.51. The molecule has 0 bridgehead atoms. The van der Waals surface area contributed by atoms with Crippen LogP contribution in [0.2, 0.25) is 0 Å². The van der Waals surface area contributed by atoms with Gasteiger partial charge in [-0.15, -0.1) is 0 Å². The average Bonchev–Trinajstić information content (AvgIpc) is 3.23. The summed E-state index contributed by atoms with van der Waals surface area (Å²) in [4.78, 5) is 33.9. The fourth-order valence-corrected chi connectivity index (χ4v) is 3.36. The van der Waals surface area contributed by atoms with Crippen molar-refractivity contribution in [2.75, 3.05) is 12.4 Å². The van der Waals surface area contributed by atoms with Crippen molar-refractivity contribution in [3.8, 4) is 17.0 Å². The van der Waals surface area contributed by atoms with Crippen LogP contribution in [0.5, 0.6) is 5.75 Å². The van der Waals surface area contributed by atoms with Crippen molar-refractivity contribution in [3.05, 3.63) is 89.2 Å². The molecule has 3 aromatic heterocycles. The Morgan fingerprint density at radius 2 is 2.00 bits per heavy atom. The van der Waals surface area contributed by atoms with Gasteiger partial charge in [0.05, 0.1) is 12.8 Å². The topological polar surface area (TPSA) is 98.7 Å². The second-order valence-corrected chi connectivity index (χ2v) is 6.81. The summed E-state index contributed by atoms with van der Waals surface area (Å²) in [6.07, 6.45) is 5.39. The number of nitrogens with zero attached hydrogens (tertiary/aromatic N) is 3. The van der Waals surface area contributed by atoms with Gasteiger partial charge in [0.25, 0.3) is 5.91 Å². The molecule has 0 unspecified atom stereocenters. The van der Waals surface area contributed by atoms with Crippen LogP contribution in [0.25, 0.3) is 28.0 Å². The second-order valence-electron chi connectivity index (χ2n) is 6.81. The highest BCUT2D eigenvalue weighted by molar-refractivity contribution is 6.05. The maximum Gasteiger partial charge on any atom is 0.349 e. The molecular formula is C23H16N4O4. The maximum atomic E-state index is 12.8. The summed E-state index contributed by atoms with van der Waals surface area (Å²) in [6.45, 7) is 0. The lowest BCUT2D eigenvalue weighted by Gasteiger charge is -2.08. The third-order valence-electron chi connectivity index (χ3n) is 4.84. The van der Waals surface area contributed by atoms with E-state index in [9.17, 15) is 9.59 Å². The molecule has 5 rings (SSSR count). The molecule has 0 radical (unpaired) electrons. The highest BCUT2D eigenvalue weighted by Gasteiger charge is 2.16. The zero-order valence-electron chi connectivity index (χ0n) is 16.4. The van der Waals surface area contributed by atoms with E-state index in [4.69, 9.17) is 9.15 Å². The molecule has 0 spiro atoms. The molecule has 3 heterocycles. The van der Waals surface area contributed by atoms with Crippen LogP contribution in [0.15, 0.2) is 82.4 Å². The van der Waals surface area contributed by atoms with Crippen molar-refractivity contribution in [1.29, 1.82) is 0 Å². The first-order valence-electron chi connectivity index (χ1n) is 9.45. The first-order valence-corrected chi connectivity index (χ1v) is 9.45. The Balaban J connectivity index is 1.46. The Morgan fingerprint density at radius 1 is 1.13 bits per heavy atom. The quantitative estimate of drug-likeness (QED) is 0.451. The number of methoxy groups -OCH3 is 1. The van der Waals surface area contributed by atoms with E-state index in [-0.39, 0.29) is 5.56 Å². The van der Waals surface area contributed by atoms with E-state index in [1.165, 1.54) is 13.2 Å².